The number of carbonyl (C=O) groups is 2. The van der Waals surface area contributed by atoms with E-state index >= 15 is 0 Å². The van der Waals surface area contributed by atoms with Crippen molar-refractivity contribution in [2.45, 2.75) is 25.7 Å². The highest BCUT2D eigenvalue weighted by Gasteiger charge is 2.18. The van der Waals surface area contributed by atoms with E-state index in [2.05, 4.69) is 5.32 Å². The molecule has 20 heavy (non-hydrogen) atoms. The highest BCUT2D eigenvalue weighted by molar-refractivity contribution is 6.29. The van der Waals surface area contributed by atoms with Gasteiger partial charge < -0.3 is 9.73 Å². The smallest absolute Gasteiger partial charge is 0.339 e. The Balaban J connectivity index is 2.14. The molecule has 3 rings (SSSR count). The maximum Gasteiger partial charge on any atom is 0.339 e. The Hall–Kier alpha value is -2.43. The lowest BCUT2D eigenvalue weighted by molar-refractivity contribution is -0.127. The zero-order chi connectivity index (χ0) is 14.1. The number of anilines is 1. The molecule has 0 spiro atoms. The molecule has 1 amide bonds. The summed E-state index contributed by atoms with van der Waals surface area (Å²) >= 11 is 0. The summed E-state index contributed by atoms with van der Waals surface area (Å²) in [6, 6.07) is 5.11. The van der Waals surface area contributed by atoms with Crippen molar-refractivity contribution in [1.29, 1.82) is 0 Å². The normalized spacial score (nSPS) is 13.8. The zero-order valence-electron chi connectivity index (χ0n) is 10.8. The van der Waals surface area contributed by atoms with E-state index in [1.165, 1.54) is 0 Å². The van der Waals surface area contributed by atoms with Gasteiger partial charge in [0.2, 0.25) is 6.29 Å². The minimum absolute atomic E-state index is 0.202. The Morgan fingerprint density at radius 3 is 2.70 bits per heavy atom. The summed E-state index contributed by atoms with van der Waals surface area (Å²) in [4.78, 5) is 33.3. The van der Waals surface area contributed by atoms with Gasteiger partial charge in [-0.25, -0.2) is 4.79 Å². The van der Waals surface area contributed by atoms with Crippen molar-refractivity contribution < 1.29 is 14.0 Å². The van der Waals surface area contributed by atoms with Crippen molar-refractivity contribution in [2.24, 2.45) is 0 Å². The maximum atomic E-state index is 12.0. The average molecular weight is 271 g/mol. The van der Waals surface area contributed by atoms with Gasteiger partial charge >= 0.3 is 5.63 Å². The quantitative estimate of drug-likeness (QED) is 0.513. The van der Waals surface area contributed by atoms with Crippen LogP contribution in [0.25, 0.3) is 11.0 Å². The summed E-state index contributed by atoms with van der Waals surface area (Å²) in [5.74, 6) is -0.732. The van der Waals surface area contributed by atoms with Crippen molar-refractivity contribution in [2.75, 3.05) is 5.32 Å². The van der Waals surface area contributed by atoms with Crippen LogP contribution in [0.5, 0.6) is 0 Å². The van der Waals surface area contributed by atoms with Crippen molar-refractivity contribution >= 4 is 28.8 Å². The Bertz CT molecular complexity index is 760. The van der Waals surface area contributed by atoms with Crippen LogP contribution in [0.3, 0.4) is 0 Å². The van der Waals surface area contributed by atoms with E-state index in [-0.39, 0.29) is 11.9 Å². The average Bonchev–Trinajstić information content (AvgIpc) is 2.47. The van der Waals surface area contributed by atoms with Gasteiger partial charge in [-0.15, -0.1) is 0 Å². The number of carbonyl (C=O) groups excluding carboxylic acids is 2. The Morgan fingerprint density at radius 2 is 1.95 bits per heavy atom. The molecule has 0 saturated carbocycles. The fraction of sp³-hybridized carbons (Fsp3) is 0.267. The Kier molecular flexibility index (Phi) is 3.10. The Labute approximate surface area is 114 Å². The molecular weight excluding hydrogens is 258 g/mol. The molecule has 1 aliphatic rings. The van der Waals surface area contributed by atoms with Gasteiger partial charge in [0.25, 0.3) is 5.91 Å². The van der Waals surface area contributed by atoms with Crippen LogP contribution in [0.2, 0.25) is 0 Å². The van der Waals surface area contributed by atoms with Gasteiger partial charge in [-0.1, -0.05) is 0 Å². The van der Waals surface area contributed by atoms with Crippen LogP contribution < -0.4 is 10.9 Å². The number of amides is 1. The molecule has 0 bridgehead atoms. The first kappa shape index (κ1) is 12.6. The van der Waals surface area contributed by atoms with E-state index in [0.717, 1.165) is 42.2 Å². The molecule has 0 radical (unpaired) electrons. The fourth-order valence-corrected chi connectivity index (χ4v) is 2.69. The van der Waals surface area contributed by atoms with E-state index < -0.39 is 5.91 Å². The molecule has 1 aliphatic carbocycles. The monoisotopic (exact) mass is 271 g/mol. The molecule has 1 aromatic carbocycles. The number of nitrogens with one attached hydrogen (secondary N) is 1. The topological polar surface area (TPSA) is 76.4 Å². The van der Waals surface area contributed by atoms with Gasteiger partial charge in [0.05, 0.1) is 0 Å². The summed E-state index contributed by atoms with van der Waals surface area (Å²) in [5.41, 5.74) is 2.41. The van der Waals surface area contributed by atoms with Gasteiger partial charge in [0, 0.05) is 22.7 Å². The SMILES string of the molecule is O=CC(=O)Nc1ccc2c3c(c(=O)oc2c1)CCCC3. The highest BCUT2D eigenvalue weighted by Crippen LogP contribution is 2.28. The number of fused-ring (bicyclic) bond motifs is 3. The molecule has 0 atom stereocenters. The van der Waals surface area contributed by atoms with E-state index in [0.29, 0.717) is 11.3 Å². The molecule has 1 N–H and O–H groups in total. The summed E-state index contributed by atoms with van der Waals surface area (Å²) < 4.78 is 5.32. The second kappa shape index (κ2) is 4.92. The van der Waals surface area contributed by atoms with Gasteiger partial charge in [0.15, 0.2) is 0 Å². The van der Waals surface area contributed by atoms with E-state index in [9.17, 15) is 14.4 Å². The lowest BCUT2D eigenvalue weighted by atomic mass is 9.90. The second-order valence-electron chi connectivity index (χ2n) is 4.87. The number of rotatable bonds is 2. The minimum Gasteiger partial charge on any atom is -0.422 e. The number of aldehydes is 1. The van der Waals surface area contributed by atoms with Crippen LogP contribution in [0.15, 0.2) is 27.4 Å². The van der Waals surface area contributed by atoms with Crippen LogP contribution in [0, 0.1) is 0 Å². The van der Waals surface area contributed by atoms with Crippen molar-refractivity contribution in [3.8, 4) is 0 Å². The van der Waals surface area contributed by atoms with E-state index in [4.69, 9.17) is 4.42 Å². The number of aryl methyl sites for hydroxylation is 1. The van der Waals surface area contributed by atoms with E-state index in [1.54, 1.807) is 12.1 Å². The third-order valence-corrected chi connectivity index (χ3v) is 3.60. The van der Waals surface area contributed by atoms with Gasteiger partial charge in [-0.2, -0.15) is 0 Å². The highest BCUT2D eigenvalue weighted by atomic mass is 16.4. The largest absolute Gasteiger partial charge is 0.422 e. The lowest BCUT2D eigenvalue weighted by Gasteiger charge is -2.16. The Morgan fingerprint density at radius 1 is 1.20 bits per heavy atom. The first-order valence-electron chi connectivity index (χ1n) is 6.54. The van der Waals surface area contributed by atoms with Crippen molar-refractivity contribution in [3.05, 3.63) is 39.7 Å². The molecule has 2 aromatic rings. The van der Waals surface area contributed by atoms with Crippen LogP contribution in [0.1, 0.15) is 24.0 Å². The molecule has 0 unspecified atom stereocenters. The predicted molar refractivity (Wildman–Crippen MR) is 73.8 cm³/mol. The number of hydrogen-bond donors (Lipinski definition) is 1. The first-order chi connectivity index (χ1) is 9.69. The number of hydrogen-bond acceptors (Lipinski definition) is 4. The molecule has 102 valence electrons. The summed E-state index contributed by atoms with van der Waals surface area (Å²) in [7, 11) is 0. The zero-order valence-corrected chi connectivity index (χ0v) is 10.8. The van der Waals surface area contributed by atoms with Crippen LogP contribution >= 0.6 is 0 Å². The third-order valence-electron chi connectivity index (χ3n) is 3.60. The maximum absolute atomic E-state index is 12.0. The molecule has 0 fully saturated rings. The van der Waals surface area contributed by atoms with Crippen LogP contribution in [-0.2, 0) is 22.4 Å². The molecule has 1 aromatic heterocycles. The molecular formula is C15H13NO4. The summed E-state index contributed by atoms with van der Waals surface area (Å²) in [6.45, 7) is 0. The second-order valence-corrected chi connectivity index (χ2v) is 4.87. The molecule has 5 nitrogen and oxygen atoms in total. The molecule has 0 aliphatic heterocycles. The fourth-order valence-electron chi connectivity index (χ4n) is 2.69. The van der Waals surface area contributed by atoms with E-state index in [1.807, 2.05) is 6.07 Å². The first-order valence-corrected chi connectivity index (χ1v) is 6.54. The van der Waals surface area contributed by atoms with Crippen molar-refractivity contribution in [3.63, 3.8) is 0 Å². The molecule has 0 saturated heterocycles. The van der Waals surface area contributed by atoms with Gasteiger partial charge in [-0.3, -0.25) is 9.59 Å². The predicted octanol–water partition coefficient (Wildman–Crippen LogP) is 1.81. The number of benzene rings is 1. The van der Waals surface area contributed by atoms with Gasteiger partial charge in [-0.05, 0) is 43.4 Å². The molecule has 5 heteroatoms. The summed E-state index contributed by atoms with van der Waals surface area (Å²) in [6.07, 6.45) is 3.91. The van der Waals surface area contributed by atoms with Crippen LogP contribution in [0.4, 0.5) is 5.69 Å². The third kappa shape index (κ3) is 2.11. The minimum atomic E-state index is -0.732. The standard InChI is InChI=1S/C15H13NO4/c17-8-14(18)16-9-5-6-11-10-3-1-2-4-12(10)15(19)20-13(11)7-9/h5-8H,1-4H2,(H,16,18). The van der Waals surface area contributed by atoms with Gasteiger partial charge in [0.1, 0.15) is 5.58 Å². The van der Waals surface area contributed by atoms with Crippen LogP contribution in [-0.4, -0.2) is 12.2 Å². The molecule has 1 heterocycles. The lowest BCUT2D eigenvalue weighted by Crippen LogP contribution is -2.16. The van der Waals surface area contributed by atoms with Crippen molar-refractivity contribution in [1.82, 2.24) is 0 Å². The summed E-state index contributed by atoms with van der Waals surface area (Å²) in [5, 5.41) is 3.32.